The number of rotatable bonds is 10. The molecule has 0 aliphatic heterocycles. The van der Waals surface area contributed by atoms with E-state index < -0.39 is 28.4 Å². The molecular weight excluding hydrogens is 500 g/mol. The second-order valence-corrected chi connectivity index (χ2v) is 9.68. The molecule has 3 aromatic carbocycles. The average molecular weight is 529 g/mol. The number of ether oxygens (including phenoxy) is 4. The topological polar surface area (TPSA) is 120 Å². The predicted molar refractivity (Wildman–Crippen MR) is 138 cm³/mol. The molecule has 3 aromatic rings. The Bertz CT molecular complexity index is 1370. The van der Waals surface area contributed by atoms with Gasteiger partial charge in [-0.3, -0.25) is 9.10 Å². The minimum absolute atomic E-state index is 0.00778. The van der Waals surface area contributed by atoms with Crippen LogP contribution in [0.3, 0.4) is 0 Å². The Kier molecular flexibility index (Phi) is 8.61. The van der Waals surface area contributed by atoms with Gasteiger partial charge in [0.1, 0.15) is 12.3 Å². The van der Waals surface area contributed by atoms with Crippen LogP contribution in [0.25, 0.3) is 0 Å². The van der Waals surface area contributed by atoms with Gasteiger partial charge < -0.3 is 24.3 Å². The van der Waals surface area contributed by atoms with Gasteiger partial charge in [0.2, 0.25) is 5.91 Å². The van der Waals surface area contributed by atoms with Gasteiger partial charge in [-0.2, -0.15) is 0 Å². The fraction of sp³-hybridized carbons (Fsp3) is 0.231. The zero-order valence-corrected chi connectivity index (χ0v) is 21.9. The second-order valence-electron chi connectivity index (χ2n) is 7.82. The van der Waals surface area contributed by atoms with Crippen molar-refractivity contribution in [1.29, 1.82) is 0 Å². The van der Waals surface area contributed by atoms with E-state index in [9.17, 15) is 18.0 Å². The molecule has 196 valence electrons. The molecule has 0 unspecified atom stereocenters. The number of hydrogen-bond acceptors (Lipinski definition) is 8. The first-order chi connectivity index (χ1) is 17.6. The summed E-state index contributed by atoms with van der Waals surface area (Å²) in [5.41, 5.74) is 1.29. The lowest BCUT2D eigenvalue weighted by Gasteiger charge is -2.24. The normalized spacial score (nSPS) is 10.8. The van der Waals surface area contributed by atoms with Crippen molar-refractivity contribution in [1.82, 2.24) is 0 Å². The van der Waals surface area contributed by atoms with Gasteiger partial charge in [-0.25, -0.2) is 13.2 Å². The van der Waals surface area contributed by atoms with Crippen molar-refractivity contribution in [2.24, 2.45) is 0 Å². The van der Waals surface area contributed by atoms with E-state index >= 15 is 0 Å². The first kappa shape index (κ1) is 27.3. The Morgan fingerprint density at radius 3 is 1.97 bits per heavy atom. The lowest BCUT2D eigenvalue weighted by atomic mass is 10.1. The molecule has 3 rings (SSSR count). The van der Waals surface area contributed by atoms with E-state index in [-0.39, 0.29) is 33.3 Å². The lowest BCUT2D eigenvalue weighted by molar-refractivity contribution is -0.114. The highest BCUT2D eigenvalue weighted by Gasteiger charge is 2.28. The predicted octanol–water partition coefficient (Wildman–Crippen LogP) is 3.64. The van der Waals surface area contributed by atoms with Crippen molar-refractivity contribution < 1.29 is 37.0 Å². The van der Waals surface area contributed by atoms with Crippen LogP contribution in [0.2, 0.25) is 0 Å². The molecule has 1 N–H and O–H groups in total. The molecule has 0 aliphatic carbocycles. The number of nitrogens with zero attached hydrogens (tertiary/aromatic N) is 1. The molecule has 37 heavy (non-hydrogen) atoms. The molecule has 0 aromatic heterocycles. The summed E-state index contributed by atoms with van der Waals surface area (Å²) < 4.78 is 48.6. The third kappa shape index (κ3) is 6.12. The number of aryl methyl sites for hydroxylation is 1. The zero-order chi connectivity index (χ0) is 27.2. The van der Waals surface area contributed by atoms with E-state index in [4.69, 9.17) is 18.9 Å². The average Bonchev–Trinajstić information content (AvgIpc) is 2.91. The maximum Gasteiger partial charge on any atom is 0.340 e. The Hall–Kier alpha value is -4.25. The molecule has 0 bridgehead atoms. The fourth-order valence-corrected chi connectivity index (χ4v) is 4.90. The van der Waals surface area contributed by atoms with E-state index in [1.807, 2.05) is 6.92 Å². The van der Waals surface area contributed by atoms with Crippen LogP contribution in [0.15, 0.2) is 65.6 Å². The molecule has 11 heteroatoms. The van der Waals surface area contributed by atoms with Gasteiger partial charge >= 0.3 is 5.97 Å². The first-order valence-electron chi connectivity index (χ1n) is 11.0. The number of hydrogen-bond donors (Lipinski definition) is 1. The van der Waals surface area contributed by atoms with Gasteiger partial charge in [0.15, 0.2) is 11.5 Å². The van der Waals surface area contributed by atoms with E-state index in [1.54, 1.807) is 24.3 Å². The molecular formula is C26H28N2O8S. The number of methoxy groups -OCH3 is 4. The van der Waals surface area contributed by atoms with Gasteiger partial charge in [-0.05, 0) is 43.3 Å². The number of benzene rings is 3. The summed E-state index contributed by atoms with van der Waals surface area (Å²) in [6.45, 7) is 1.29. The monoisotopic (exact) mass is 528 g/mol. The first-order valence-corrected chi connectivity index (χ1v) is 12.5. The molecule has 10 nitrogen and oxygen atoms in total. The number of carbonyl (C=O) groups excluding carboxylic acids is 2. The number of esters is 1. The highest BCUT2D eigenvalue weighted by Crippen LogP contribution is 2.34. The van der Waals surface area contributed by atoms with Gasteiger partial charge in [0.05, 0.1) is 50.3 Å². The SMILES string of the molecule is COC(=O)c1cc(OC)c(OC)cc1NC(=O)CN(c1ccc(C)cc1)S(=O)(=O)c1ccc(OC)cc1. The Morgan fingerprint density at radius 2 is 1.43 bits per heavy atom. The van der Waals surface area contributed by atoms with E-state index in [0.29, 0.717) is 5.75 Å². The van der Waals surface area contributed by atoms with Gasteiger partial charge in [0.25, 0.3) is 10.0 Å². The Morgan fingerprint density at radius 1 is 0.838 bits per heavy atom. The summed E-state index contributed by atoms with van der Waals surface area (Å²) in [6.07, 6.45) is 0. The molecule has 1 amide bonds. The molecule has 0 aliphatic rings. The molecule has 0 fully saturated rings. The Balaban J connectivity index is 2.00. The van der Waals surface area contributed by atoms with Crippen LogP contribution < -0.4 is 23.8 Å². The minimum atomic E-state index is -4.15. The molecule has 0 spiro atoms. The van der Waals surface area contributed by atoms with Gasteiger partial charge in [-0.1, -0.05) is 17.7 Å². The van der Waals surface area contributed by atoms with Crippen molar-refractivity contribution in [2.75, 3.05) is 44.6 Å². The zero-order valence-electron chi connectivity index (χ0n) is 21.1. The van der Waals surface area contributed by atoms with E-state index in [1.165, 1.54) is 64.8 Å². The maximum atomic E-state index is 13.6. The standard InChI is InChI=1S/C26H28N2O8S/c1-17-6-8-18(9-7-17)28(37(31,32)20-12-10-19(33-2)11-13-20)16-25(29)27-22-15-24(35-4)23(34-3)14-21(22)26(30)36-5/h6-15H,16H2,1-5H3,(H,27,29). The fourth-order valence-electron chi connectivity index (χ4n) is 3.48. The Labute approximate surface area is 215 Å². The van der Waals surface area contributed by atoms with Crippen molar-refractivity contribution in [3.63, 3.8) is 0 Å². The summed E-state index contributed by atoms with van der Waals surface area (Å²) >= 11 is 0. The molecule has 0 saturated carbocycles. The minimum Gasteiger partial charge on any atom is -0.497 e. The van der Waals surface area contributed by atoms with Crippen LogP contribution >= 0.6 is 0 Å². The van der Waals surface area contributed by atoms with Crippen LogP contribution in [-0.2, 0) is 19.6 Å². The summed E-state index contributed by atoms with van der Waals surface area (Å²) in [4.78, 5) is 25.5. The number of anilines is 2. The second kappa shape index (κ2) is 11.7. The number of carbonyl (C=O) groups is 2. The number of sulfonamides is 1. The van der Waals surface area contributed by atoms with E-state index in [2.05, 4.69) is 5.32 Å². The third-order valence-corrected chi connectivity index (χ3v) is 7.25. The highest BCUT2D eigenvalue weighted by atomic mass is 32.2. The van der Waals surface area contributed by atoms with Crippen molar-refractivity contribution in [3.05, 3.63) is 71.8 Å². The highest BCUT2D eigenvalue weighted by molar-refractivity contribution is 7.92. The van der Waals surface area contributed by atoms with Crippen LogP contribution in [0.1, 0.15) is 15.9 Å². The third-order valence-electron chi connectivity index (χ3n) is 5.46. The smallest absolute Gasteiger partial charge is 0.340 e. The molecule has 0 heterocycles. The summed E-state index contributed by atoms with van der Waals surface area (Å²) in [5.74, 6) is -0.425. The van der Waals surface area contributed by atoms with Crippen molar-refractivity contribution in [2.45, 2.75) is 11.8 Å². The van der Waals surface area contributed by atoms with Crippen LogP contribution in [0.5, 0.6) is 17.2 Å². The molecule has 0 atom stereocenters. The summed E-state index contributed by atoms with van der Waals surface area (Å²) in [6, 6.07) is 15.3. The van der Waals surface area contributed by atoms with Gasteiger partial charge in [0, 0.05) is 12.1 Å². The number of amides is 1. The van der Waals surface area contributed by atoms with Crippen molar-refractivity contribution >= 4 is 33.3 Å². The van der Waals surface area contributed by atoms with Crippen LogP contribution in [0.4, 0.5) is 11.4 Å². The quantitative estimate of drug-likeness (QED) is 0.396. The lowest BCUT2D eigenvalue weighted by Crippen LogP contribution is -2.38. The summed E-state index contributed by atoms with van der Waals surface area (Å²) in [7, 11) is 1.33. The molecule has 0 saturated heterocycles. The number of nitrogens with one attached hydrogen (secondary N) is 1. The van der Waals surface area contributed by atoms with Gasteiger partial charge in [-0.15, -0.1) is 0 Å². The largest absolute Gasteiger partial charge is 0.497 e. The molecule has 0 radical (unpaired) electrons. The van der Waals surface area contributed by atoms with Crippen molar-refractivity contribution in [3.8, 4) is 17.2 Å². The maximum absolute atomic E-state index is 13.6. The summed E-state index contributed by atoms with van der Waals surface area (Å²) in [5, 5.41) is 2.60. The van der Waals surface area contributed by atoms with Crippen LogP contribution in [-0.4, -0.2) is 55.3 Å². The van der Waals surface area contributed by atoms with E-state index in [0.717, 1.165) is 9.87 Å². The van der Waals surface area contributed by atoms with Crippen LogP contribution in [0, 0.1) is 6.92 Å².